The van der Waals surface area contributed by atoms with Crippen molar-refractivity contribution in [3.8, 4) is 0 Å². The summed E-state index contributed by atoms with van der Waals surface area (Å²) in [5.74, 6) is -0.416. The van der Waals surface area contributed by atoms with E-state index in [1.54, 1.807) is 0 Å². The maximum atomic E-state index is 11.4. The molecule has 0 aromatic rings. The fourth-order valence-electron chi connectivity index (χ4n) is 1.66. The van der Waals surface area contributed by atoms with Gasteiger partial charge in [0.2, 0.25) is 0 Å². The van der Waals surface area contributed by atoms with Crippen molar-refractivity contribution in [2.45, 2.75) is 12.0 Å². The maximum absolute atomic E-state index is 11.4. The van der Waals surface area contributed by atoms with Crippen LogP contribution in [-0.2, 0) is 14.6 Å². The van der Waals surface area contributed by atoms with Crippen LogP contribution in [0.1, 0.15) is 6.42 Å². The minimum Gasteiger partial charge on any atom is -0.347 e. The first kappa shape index (κ1) is 8.89. The van der Waals surface area contributed by atoms with Gasteiger partial charge in [-0.05, 0) is 18.6 Å². The van der Waals surface area contributed by atoms with Crippen molar-refractivity contribution in [1.29, 1.82) is 0 Å². The molecule has 0 aromatic heterocycles. The highest BCUT2D eigenvalue weighted by Gasteiger charge is 2.52. The van der Waals surface area contributed by atoms with Gasteiger partial charge in [0.15, 0.2) is 14.9 Å². The molecule has 0 aliphatic carbocycles. The Morgan fingerprint density at radius 3 is 2.54 bits per heavy atom. The Labute approximate surface area is 80.8 Å². The Hall–Kier alpha value is -0.690. The molecule has 13 heavy (non-hydrogen) atoms. The van der Waals surface area contributed by atoms with Crippen molar-refractivity contribution in [2.75, 3.05) is 11.5 Å². The third kappa shape index (κ3) is 1.31. The quantitative estimate of drug-likeness (QED) is 0.488. The van der Waals surface area contributed by atoms with E-state index in [2.05, 4.69) is 10.6 Å². The topological polar surface area (TPSA) is 75.3 Å². The Morgan fingerprint density at radius 1 is 1.46 bits per heavy atom. The second-order valence-corrected chi connectivity index (χ2v) is 5.92. The molecule has 1 atom stereocenters. The number of rotatable bonds is 0. The predicted molar refractivity (Wildman–Crippen MR) is 49.9 cm³/mol. The van der Waals surface area contributed by atoms with E-state index in [1.165, 1.54) is 0 Å². The molecule has 2 fully saturated rings. The Balaban J connectivity index is 2.34. The number of sulfone groups is 1. The number of amides is 1. The molecule has 2 N–H and O–H groups in total. The highest BCUT2D eigenvalue weighted by atomic mass is 32.2. The molecule has 1 spiro atoms. The molecule has 2 rings (SSSR count). The molecule has 0 radical (unpaired) electrons. The van der Waals surface area contributed by atoms with Crippen LogP contribution in [0.3, 0.4) is 0 Å². The van der Waals surface area contributed by atoms with Gasteiger partial charge in [0.1, 0.15) is 5.54 Å². The minimum absolute atomic E-state index is 0.0516. The average Bonchev–Trinajstić information content (AvgIpc) is 2.38. The summed E-state index contributed by atoms with van der Waals surface area (Å²) in [7, 11) is -3.08. The van der Waals surface area contributed by atoms with Gasteiger partial charge >= 0.3 is 0 Å². The lowest BCUT2D eigenvalue weighted by molar-refractivity contribution is -0.123. The molecule has 1 unspecified atom stereocenters. The highest BCUT2D eigenvalue weighted by molar-refractivity contribution is 7.91. The van der Waals surface area contributed by atoms with E-state index in [1.807, 2.05) is 0 Å². The van der Waals surface area contributed by atoms with Crippen LogP contribution < -0.4 is 10.6 Å². The normalized spacial score (nSPS) is 36.3. The molecule has 0 bridgehead atoms. The summed E-state index contributed by atoms with van der Waals surface area (Å²) in [4.78, 5) is 11.4. The monoisotopic (exact) mass is 220 g/mol. The van der Waals surface area contributed by atoms with E-state index in [4.69, 9.17) is 12.2 Å². The van der Waals surface area contributed by atoms with Crippen LogP contribution in [0.2, 0.25) is 0 Å². The third-order valence-electron chi connectivity index (χ3n) is 2.32. The summed E-state index contributed by atoms with van der Waals surface area (Å²) < 4.78 is 22.4. The molecule has 2 aliphatic heterocycles. The lowest BCUT2D eigenvalue weighted by Gasteiger charge is -2.16. The Morgan fingerprint density at radius 2 is 2.15 bits per heavy atom. The lowest BCUT2D eigenvalue weighted by Crippen LogP contribution is -2.47. The number of carbonyl (C=O) groups is 1. The number of nitrogens with one attached hydrogen (secondary N) is 2. The molecule has 2 aliphatic rings. The van der Waals surface area contributed by atoms with E-state index in [9.17, 15) is 13.2 Å². The van der Waals surface area contributed by atoms with Crippen molar-refractivity contribution < 1.29 is 13.2 Å². The lowest BCUT2D eigenvalue weighted by atomic mass is 10.0. The Bertz CT molecular complexity index is 389. The molecule has 0 saturated carbocycles. The summed E-state index contributed by atoms with van der Waals surface area (Å²) in [5.41, 5.74) is -0.976. The molecular weight excluding hydrogens is 212 g/mol. The predicted octanol–water partition coefficient (Wildman–Crippen LogP) is -1.45. The van der Waals surface area contributed by atoms with Crippen LogP contribution in [0.15, 0.2) is 0 Å². The van der Waals surface area contributed by atoms with Gasteiger partial charge in [-0.25, -0.2) is 8.42 Å². The number of thiocarbonyl (C=S) groups is 1. The zero-order chi connectivity index (χ0) is 9.69. The van der Waals surface area contributed by atoms with Crippen LogP contribution in [0.4, 0.5) is 0 Å². The molecule has 0 aromatic carbocycles. The average molecular weight is 220 g/mol. The van der Waals surface area contributed by atoms with Gasteiger partial charge in [0.25, 0.3) is 5.91 Å². The van der Waals surface area contributed by atoms with Gasteiger partial charge in [-0.15, -0.1) is 0 Å². The van der Waals surface area contributed by atoms with Gasteiger partial charge in [0, 0.05) is 0 Å². The molecule has 72 valence electrons. The standard InChI is InChI=1S/C6H8N2O3S2/c9-4-6(8-5(12)7-4)1-2-13(10,11)3-6/h1-3H2,(H2,7,8,9,12). The second kappa shape index (κ2) is 2.42. The van der Waals surface area contributed by atoms with Crippen LogP contribution in [-0.4, -0.2) is 36.5 Å². The molecule has 2 saturated heterocycles. The van der Waals surface area contributed by atoms with E-state index < -0.39 is 15.4 Å². The smallest absolute Gasteiger partial charge is 0.252 e. The highest BCUT2D eigenvalue weighted by Crippen LogP contribution is 2.26. The van der Waals surface area contributed by atoms with Crippen LogP contribution in [0.5, 0.6) is 0 Å². The van der Waals surface area contributed by atoms with E-state index >= 15 is 0 Å². The number of hydrogen-bond acceptors (Lipinski definition) is 4. The summed E-state index contributed by atoms with van der Waals surface area (Å²) in [5, 5.41) is 5.35. The van der Waals surface area contributed by atoms with Crippen molar-refractivity contribution in [2.24, 2.45) is 0 Å². The van der Waals surface area contributed by atoms with E-state index in [0.29, 0.717) is 6.42 Å². The van der Waals surface area contributed by atoms with Gasteiger partial charge in [-0.3, -0.25) is 4.79 Å². The fourth-order valence-corrected chi connectivity index (χ4v) is 3.85. The van der Waals surface area contributed by atoms with Crippen LogP contribution in [0.25, 0.3) is 0 Å². The number of carbonyl (C=O) groups excluding carboxylic acids is 1. The zero-order valence-electron chi connectivity index (χ0n) is 6.66. The van der Waals surface area contributed by atoms with Crippen molar-refractivity contribution in [3.05, 3.63) is 0 Å². The first-order valence-electron chi connectivity index (χ1n) is 3.78. The molecular formula is C6H8N2O3S2. The molecule has 1 amide bonds. The fraction of sp³-hybridized carbons (Fsp3) is 0.667. The van der Waals surface area contributed by atoms with Gasteiger partial charge < -0.3 is 10.6 Å². The van der Waals surface area contributed by atoms with Crippen LogP contribution >= 0.6 is 12.2 Å². The summed E-state index contributed by atoms with van der Waals surface area (Å²) in [6.07, 6.45) is 0.307. The zero-order valence-corrected chi connectivity index (χ0v) is 8.30. The SMILES string of the molecule is O=C1NC(=S)NC12CCS(=O)(=O)C2. The molecule has 5 nitrogen and oxygen atoms in total. The number of hydrogen-bond donors (Lipinski definition) is 2. The summed E-state index contributed by atoms with van der Waals surface area (Å²) in [6, 6.07) is 0. The first-order chi connectivity index (χ1) is 5.94. The summed E-state index contributed by atoms with van der Waals surface area (Å²) >= 11 is 4.74. The van der Waals surface area contributed by atoms with Crippen molar-refractivity contribution in [1.82, 2.24) is 10.6 Å². The Kier molecular flexibility index (Phi) is 1.65. The first-order valence-corrected chi connectivity index (χ1v) is 6.01. The molecule has 7 heteroatoms. The largest absolute Gasteiger partial charge is 0.347 e. The second-order valence-electron chi connectivity index (χ2n) is 3.33. The van der Waals surface area contributed by atoms with Gasteiger partial charge in [-0.1, -0.05) is 0 Å². The van der Waals surface area contributed by atoms with E-state index in [-0.39, 0.29) is 22.5 Å². The van der Waals surface area contributed by atoms with Crippen molar-refractivity contribution in [3.63, 3.8) is 0 Å². The minimum atomic E-state index is -3.08. The van der Waals surface area contributed by atoms with Gasteiger partial charge in [-0.2, -0.15) is 0 Å². The van der Waals surface area contributed by atoms with Crippen LogP contribution in [0, 0.1) is 0 Å². The maximum Gasteiger partial charge on any atom is 0.252 e. The van der Waals surface area contributed by atoms with E-state index in [0.717, 1.165) is 0 Å². The third-order valence-corrected chi connectivity index (χ3v) is 4.28. The van der Waals surface area contributed by atoms with Crippen molar-refractivity contribution >= 4 is 33.1 Å². The molecule has 2 heterocycles. The summed E-state index contributed by atoms with van der Waals surface area (Å²) in [6.45, 7) is 0. The van der Waals surface area contributed by atoms with Gasteiger partial charge in [0.05, 0.1) is 11.5 Å².